The van der Waals surface area contributed by atoms with Gasteiger partial charge in [0.2, 0.25) is 0 Å². The number of hydrogen-bond acceptors (Lipinski definition) is 4. The molecule has 0 saturated heterocycles. The van der Waals surface area contributed by atoms with E-state index in [-0.39, 0.29) is 4.90 Å². The molecule has 0 aliphatic carbocycles. The molecule has 0 bridgehead atoms. The fraction of sp³-hybridized carbons (Fsp3) is 0.200. The van der Waals surface area contributed by atoms with E-state index in [0.717, 1.165) is 43.6 Å². The van der Waals surface area contributed by atoms with Gasteiger partial charge in [0.25, 0.3) is 15.9 Å². The summed E-state index contributed by atoms with van der Waals surface area (Å²) in [6.45, 7) is 9.11. The Morgan fingerprint density at radius 1 is 0.949 bits per heavy atom. The molecule has 1 heterocycles. The molecule has 0 atom stereocenters. The van der Waals surface area contributed by atoms with Gasteiger partial charge in [0.15, 0.2) is 0 Å². The van der Waals surface area contributed by atoms with Gasteiger partial charge in [0.1, 0.15) is 6.54 Å². The zero-order chi connectivity index (χ0) is 28.3. The molecule has 1 amide bonds. The molecule has 0 radical (unpaired) electrons. The van der Waals surface area contributed by atoms with Gasteiger partial charge in [-0.2, -0.15) is 5.10 Å². The standard InChI is InChI=1S/C30H31ClN4O3S/c1-20-10-13-26(14-11-20)39(37,38)34(28-15-12-21(2)16-22(28)3)19-30(36)33-32-18-25-17-23(4)35(24(25)5)29-9-7-6-8-27(29)31/h6-18H,19H2,1-5H3,(H,33,36)/b32-18-. The lowest BCUT2D eigenvalue weighted by Gasteiger charge is -2.25. The number of benzene rings is 3. The van der Waals surface area contributed by atoms with Crippen molar-refractivity contribution in [2.24, 2.45) is 5.10 Å². The van der Waals surface area contributed by atoms with Crippen LogP contribution in [-0.2, 0) is 14.8 Å². The maximum atomic E-state index is 13.7. The van der Waals surface area contributed by atoms with Gasteiger partial charge >= 0.3 is 0 Å². The number of hydrazone groups is 1. The number of carbonyl (C=O) groups excluding carboxylic acids is 1. The summed E-state index contributed by atoms with van der Waals surface area (Å²) in [5.41, 5.74) is 9.11. The second-order valence-corrected chi connectivity index (χ2v) is 11.8. The smallest absolute Gasteiger partial charge is 0.264 e. The molecule has 9 heteroatoms. The van der Waals surface area contributed by atoms with Crippen LogP contribution in [0.25, 0.3) is 5.69 Å². The number of nitrogens with zero attached hydrogens (tertiary/aromatic N) is 3. The number of nitrogens with one attached hydrogen (secondary N) is 1. The molecule has 202 valence electrons. The van der Waals surface area contributed by atoms with Crippen molar-refractivity contribution >= 4 is 39.4 Å². The molecule has 0 spiro atoms. The van der Waals surface area contributed by atoms with E-state index in [1.807, 2.05) is 81.7 Å². The summed E-state index contributed by atoms with van der Waals surface area (Å²) < 4.78 is 30.4. The topological polar surface area (TPSA) is 83.8 Å². The first-order chi connectivity index (χ1) is 18.5. The molecule has 0 aliphatic heterocycles. The van der Waals surface area contributed by atoms with Crippen molar-refractivity contribution in [1.29, 1.82) is 0 Å². The Morgan fingerprint density at radius 2 is 1.62 bits per heavy atom. The number of anilines is 1. The zero-order valence-corrected chi connectivity index (χ0v) is 24.1. The van der Waals surface area contributed by atoms with Gasteiger partial charge in [-0.05, 0) is 76.6 Å². The van der Waals surface area contributed by atoms with Gasteiger partial charge < -0.3 is 4.57 Å². The first-order valence-corrected chi connectivity index (χ1v) is 14.2. The number of amides is 1. The maximum absolute atomic E-state index is 13.7. The van der Waals surface area contributed by atoms with E-state index in [2.05, 4.69) is 10.5 Å². The number of aryl methyl sites for hydroxylation is 4. The number of carbonyl (C=O) groups is 1. The van der Waals surface area contributed by atoms with E-state index in [1.54, 1.807) is 36.5 Å². The van der Waals surface area contributed by atoms with E-state index in [1.165, 1.54) is 0 Å². The minimum absolute atomic E-state index is 0.108. The van der Waals surface area contributed by atoms with Crippen LogP contribution in [0.4, 0.5) is 5.69 Å². The quantitative estimate of drug-likeness (QED) is 0.210. The van der Waals surface area contributed by atoms with Gasteiger partial charge in [-0.15, -0.1) is 0 Å². The monoisotopic (exact) mass is 562 g/mol. The summed E-state index contributed by atoms with van der Waals surface area (Å²) in [6.07, 6.45) is 1.55. The Kier molecular flexibility index (Phi) is 8.28. The van der Waals surface area contributed by atoms with Crippen LogP contribution >= 0.6 is 11.6 Å². The van der Waals surface area contributed by atoms with Crippen LogP contribution < -0.4 is 9.73 Å². The number of hydrogen-bond donors (Lipinski definition) is 1. The highest BCUT2D eigenvalue weighted by Gasteiger charge is 2.28. The van der Waals surface area contributed by atoms with Crippen LogP contribution in [-0.4, -0.2) is 31.7 Å². The summed E-state index contributed by atoms with van der Waals surface area (Å²) >= 11 is 6.40. The fourth-order valence-electron chi connectivity index (χ4n) is 4.48. The summed E-state index contributed by atoms with van der Waals surface area (Å²) in [5, 5.41) is 4.75. The van der Waals surface area contributed by atoms with E-state index >= 15 is 0 Å². The maximum Gasteiger partial charge on any atom is 0.264 e. The highest BCUT2D eigenvalue weighted by molar-refractivity contribution is 7.92. The molecule has 39 heavy (non-hydrogen) atoms. The van der Waals surface area contributed by atoms with Gasteiger partial charge in [-0.25, -0.2) is 13.8 Å². The number of rotatable bonds is 8. The third kappa shape index (κ3) is 6.08. The second-order valence-electron chi connectivity index (χ2n) is 9.52. The van der Waals surface area contributed by atoms with Crippen molar-refractivity contribution < 1.29 is 13.2 Å². The predicted molar refractivity (Wildman–Crippen MR) is 158 cm³/mol. The van der Waals surface area contributed by atoms with Crippen LogP contribution in [0.2, 0.25) is 5.02 Å². The molecule has 4 rings (SSSR count). The van der Waals surface area contributed by atoms with Crippen LogP contribution in [0.5, 0.6) is 0 Å². The average molecular weight is 563 g/mol. The Hall–Kier alpha value is -3.88. The van der Waals surface area contributed by atoms with E-state index in [9.17, 15) is 13.2 Å². The molecule has 1 N–H and O–H groups in total. The minimum Gasteiger partial charge on any atom is -0.316 e. The van der Waals surface area contributed by atoms with Crippen LogP contribution in [0, 0.1) is 34.6 Å². The molecule has 0 unspecified atom stereocenters. The first-order valence-electron chi connectivity index (χ1n) is 12.4. The molecule has 0 aliphatic rings. The summed E-state index contributed by atoms with van der Waals surface area (Å²) in [7, 11) is -4.02. The summed E-state index contributed by atoms with van der Waals surface area (Å²) in [6, 6.07) is 21.5. The Morgan fingerprint density at radius 3 is 2.28 bits per heavy atom. The predicted octanol–water partition coefficient (Wildman–Crippen LogP) is 6.02. The van der Waals surface area contributed by atoms with Gasteiger partial charge in [0, 0.05) is 17.0 Å². The third-order valence-electron chi connectivity index (χ3n) is 6.47. The lowest BCUT2D eigenvalue weighted by molar-refractivity contribution is -0.119. The van der Waals surface area contributed by atoms with E-state index < -0.39 is 22.5 Å². The minimum atomic E-state index is -4.02. The molecular weight excluding hydrogens is 532 g/mol. The van der Waals surface area contributed by atoms with Gasteiger partial charge in [-0.3, -0.25) is 9.10 Å². The Labute approximate surface area is 234 Å². The molecular formula is C30H31ClN4O3S. The fourth-order valence-corrected chi connectivity index (χ4v) is 6.19. The molecule has 4 aromatic rings. The lowest BCUT2D eigenvalue weighted by Crippen LogP contribution is -2.40. The highest BCUT2D eigenvalue weighted by atomic mass is 35.5. The Bertz CT molecular complexity index is 1660. The normalized spacial score (nSPS) is 11.6. The van der Waals surface area contributed by atoms with Crippen LogP contribution in [0.1, 0.15) is 33.6 Å². The highest BCUT2D eigenvalue weighted by Crippen LogP contribution is 2.28. The number of aromatic nitrogens is 1. The number of sulfonamides is 1. The second kappa shape index (κ2) is 11.5. The lowest BCUT2D eigenvalue weighted by atomic mass is 10.1. The molecule has 7 nitrogen and oxygen atoms in total. The van der Waals surface area contributed by atoms with Crippen LogP contribution in [0.15, 0.2) is 82.8 Å². The van der Waals surface area contributed by atoms with E-state index in [0.29, 0.717) is 10.7 Å². The first kappa shape index (κ1) is 28.1. The SMILES string of the molecule is Cc1ccc(S(=O)(=O)N(CC(=O)N/N=C\c2cc(C)n(-c3ccccc3Cl)c2C)c2ccc(C)cc2C)cc1. The van der Waals surface area contributed by atoms with Crippen LogP contribution in [0.3, 0.4) is 0 Å². The van der Waals surface area contributed by atoms with Gasteiger partial charge in [0.05, 0.1) is 27.5 Å². The zero-order valence-electron chi connectivity index (χ0n) is 22.6. The van der Waals surface area contributed by atoms with Crippen molar-refractivity contribution in [2.45, 2.75) is 39.5 Å². The average Bonchev–Trinajstić information content (AvgIpc) is 3.16. The van der Waals surface area contributed by atoms with Crippen molar-refractivity contribution in [3.05, 3.63) is 111 Å². The molecule has 0 fully saturated rings. The Balaban J connectivity index is 1.59. The number of para-hydroxylation sites is 1. The van der Waals surface area contributed by atoms with Crippen molar-refractivity contribution in [3.63, 3.8) is 0 Å². The largest absolute Gasteiger partial charge is 0.316 e. The summed E-state index contributed by atoms with van der Waals surface area (Å²) in [4.78, 5) is 13.1. The molecule has 0 saturated carbocycles. The van der Waals surface area contributed by atoms with Crippen molar-refractivity contribution in [2.75, 3.05) is 10.8 Å². The number of halogens is 1. The van der Waals surface area contributed by atoms with E-state index in [4.69, 9.17) is 11.6 Å². The van der Waals surface area contributed by atoms with Gasteiger partial charge in [-0.1, -0.05) is 59.1 Å². The van der Waals surface area contributed by atoms with Crippen molar-refractivity contribution in [3.8, 4) is 5.69 Å². The molecule has 3 aromatic carbocycles. The van der Waals surface area contributed by atoms with Crippen molar-refractivity contribution in [1.82, 2.24) is 9.99 Å². The molecule has 1 aromatic heterocycles. The summed E-state index contributed by atoms with van der Waals surface area (Å²) in [5.74, 6) is -0.568. The third-order valence-corrected chi connectivity index (χ3v) is 8.57.